The molecule has 0 spiro atoms. The van der Waals surface area contributed by atoms with Gasteiger partial charge in [-0.15, -0.1) is 0 Å². The predicted molar refractivity (Wildman–Crippen MR) is 337 cm³/mol. The molecular weight excluding hydrogens is 1210 g/mol. The van der Waals surface area contributed by atoms with Crippen LogP contribution in [0.15, 0.2) is 144 Å². The van der Waals surface area contributed by atoms with Crippen molar-refractivity contribution < 1.29 is 62.1 Å². The zero-order valence-electron chi connectivity index (χ0n) is 51.3. The Labute approximate surface area is 527 Å². The SMILES string of the molecule is CC[C@H](C)[C@H](NC(=O)[C@@H](CN)NC(=O)[C@@H](NC(=O)[C@H](Cc1ccccc1)NC(=O)OC(C)(C)C)C(C)C)C(=O)N[C@@H](Cc1ccccc1)C(=O)N[C@H](C(=O)N[C@@H](Cc1ccc(OC(=O)OCc2ccccc2Br)cc1)C(=O)NN)[C@@H](C)OCc1ccccc1. The first-order valence-electron chi connectivity index (χ1n) is 29.3. The number of hydrazine groups is 1. The van der Waals surface area contributed by atoms with E-state index in [1.54, 1.807) is 140 Å². The lowest BCUT2D eigenvalue weighted by molar-refractivity contribution is -0.138. The summed E-state index contributed by atoms with van der Waals surface area (Å²) in [5.74, 6) is -0.919. The molecule has 89 heavy (non-hydrogen) atoms. The molecule has 8 amide bonds. The third kappa shape index (κ3) is 23.7. The van der Waals surface area contributed by atoms with E-state index in [0.717, 1.165) is 21.2 Å². The minimum atomic E-state index is -1.51. The van der Waals surface area contributed by atoms with Crippen molar-refractivity contribution in [1.29, 1.82) is 0 Å². The summed E-state index contributed by atoms with van der Waals surface area (Å²) in [7, 11) is 0. The van der Waals surface area contributed by atoms with Gasteiger partial charge in [-0.3, -0.25) is 39.0 Å². The van der Waals surface area contributed by atoms with Gasteiger partial charge >= 0.3 is 12.2 Å². The minimum absolute atomic E-state index is 0.0141. The van der Waals surface area contributed by atoms with Crippen molar-refractivity contribution in [3.63, 3.8) is 0 Å². The summed E-state index contributed by atoms with van der Waals surface area (Å²) in [6.07, 6.45) is -2.68. The van der Waals surface area contributed by atoms with Gasteiger partial charge in [-0.25, -0.2) is 15.4 Å². The second-order valence-electron chi connectivity index (χ2n) is 22.7. The third-order valence-electron chi connectivity index (χ3n) is 14.2. The van der Waals surface area contributed by atoms with E-state index < -0.39 is 126 Å². The number of nitrogens with two attached hydrogens (primary N) is 2. The van der Waals surface area contributed by atoms with Gasteiger partial charge in [0.15, 0.2) is 0 Å². The molecule has 12 N–H and O–H groups in total. The van der Waals surface area contributed by atoms with Crippen molar-refractivity contribution in [2.75, 3.05) is 6.54 Å². The summed E-state index contributed by atoms with van der Waals surface area (Å²) >= 11 is 3.41. The van der Waals surface area contributed by atoms with Gasteiger partial charge < -0.3 is 61.9 Å². The lowest BCUT2D eigenvalue weighted by Crippen LogP contribution is -2.63. The number of carbonyl (C=O) groups excluding carboxylic acids is 9. The van der Waals surface area contributed by atoms with E-state index in [-0.39, 0.29) is 38.2 Å². The van der Waals surface area contributed by atoms with Crippen molar-refractivity contribution >= 4 is 69.5 Å². The number of hydrogen-bond acceptors (Lipinski definition) is 15. The summed E-state index contributed by atoms with van der Waals surface area (Å²) in [5.41, 5.74) is 10.7. The average Bonchev–Trinajstić information content (AvgIpc) is 3.48. The van der Waals surface area contributed by atoms with Gasteiger partial charge in [0.25, 0.3) is 5.91 Å². The second-order valence-corrected chi connectivity index (χ2v) is 23.5. The molecule has 24 heteroatoms. The molecule has 0 aromatic heterocycles. The average molecular weight is 1290 g/mol. The maximum atomic E-state index is 14.9. The molecule has 0 aliphatic carbocycles. The number of rotatable bonds is 31. The van der Waals surface area contributed by atoms with Gasteiger partial charge in [0.05, 0.1) is 12.7 Å². The molecule has 0 bridgehead atoms. The summed E-state index contributed by atoms with van der Waals surface area (Å²) in [5, 5.41) is 19.0. The van der Waals surface area contributed by atoms with E-state index in [2.05, 4.69) is 58.6 Å². The van der Waals surface area contributed by atoms with Gasteiger partial charge in [0, 0.05) is 35.8 Å². The standard InChI is InChI=1S/C65H83BrN10O13/c1-9-40(4)54(74-58(79)52(36-67)71-60(81)53(39(2)3)73-57(78)50(34-43-23-15-11-16-24-43)72-63(84)89-65(6,7)8)61(82)69-49(33-42-21-13-10-14-22-42)56(77)75-55(41(5)86-37-45-25-17-12-18-26-45)62(83)70-51(59(80)76-68)35-44-29-31-47(32-30-44)88-64(85)87-38-46-27-19-20-28-48(46)66/h10-32,39-41,49-55H,9,33-38,67-68H2,1-8H3,(H,69,82)(H,70,83)(H,71,81)(H,72,84)(H,73,78)(H,74,79)(H,75,77)(H,76,80)/t40-,41+,49-,50-,51-,52+,53-,54-,55-/m0/s1. The van der Waals surface area contributed by atoms with E-state index >= 15 is 0 Å². The Bertz CT molecular complexity index is 3140. The number of benzene rings is 5. The Kier molecular flexibility index (Phi) is 28.2. The monoisotopic (exact) mass is 1290 g/mol. The van der Waals surface area contributed by atoms with Crippen LogP contribution in [0, 0.1) is 11.8 Å². The van der Waals surface area contributed by atoms with Crippen LogP contribution in [0.5, 0.6) is 5.75 Å². The highest BCUT2D eigenvalue weighted by atomic mass is 79.9. The zero-order chi connectivity index (χ0) is 65.2. The highest BCUT2D eigenvalue weighted by Crippen LogP contribution is 2.20. The number of hydrogen-bond donors (Lipinski definition) is 10. The van der Waals surface area contributed by atoms with Crippen LogP contribution >= 0.6 is 15.9 Å². The van der Waals surface area contributed by atoms with Crippen LogP contribution in [0.3, 0.4) is 0 Å². The van der Waals surface area contributed by atoms with Crippen LogP contribution in [0.4, 0.5) is 9.59 Å². The fourth-order valence-electron chi connectivity index (χ4n) is 8.99. The Morgan fingerprint density at radius 3 is 1.44 bits per heavy atom. The molecule has 0 unspecified atom stereocenters. The topological polar surface area (TPSA) is 339 Å². The fourth-order valence-corrected chi connectivity index (χ4v) is 9.39. The van der Waals surface area contributed by atoms with Crippen molar-refractivity contribution in [3.05, 3.63) is 172 Å². The molecule has 9 atom stereocenters. The van der Waals surface area contributed by atoms with Crippen LogP contribution in [-0.2, 0) is 80.2 Å². The summed E-state index contributed by atoms with van der Waals surface area (Å²) in [6.45, 7) is 13.0. The van der Waals surface area contributed by atoms with E-state index in [1.165, 1.54) is 12.1 Å². The van der Waals surface area contributed by atoms with Crippen LogP contribution in [-0.4, -0.2) is 114 Å². The van der Waals surface area contributed by atoms with Gasteiger partial charge in [0.1, 0.15) is 60.3 Å². The van der Waals surface area contributed by atoms with Gasteiger partial charge in [-0.1, -0.05) is 171 Å². The van der Waals surface area contributed by atoms with Gasteiger partial charge in [0.2, 0.25) is 35.4 Å². The molecule has 0 aliphatic rings. The molecule has 5 rings (SSSR count). The number of nitrogens with one attached hydrogen (secondary N) is 8. The Morgan fingerprint density at radius 1 is 0.494 bits per heavy atom. The first kappa shape index (κ1) is 71.0. The molecule has 23 nitrogen and oxygen atoms in total. The Morgan fingerprint density at radius 2 is 0.933 bits per heavy atom. The minimum Gasteiger partial charge on any atom is -0.444 e. The highest BCUT2D eigenvalue weighted by molar-refractivity contribution is 9.10. The first-order valence-corrected chi connectivity index (χ1v) is 30.1. The van der Waals surface area contributed by atoms with Crippen molar-refractivity contribution in [1.82, 2.24) is 42.6 Å². The third-order valence-corrected chi connectivity index (χ3v) is 14.9. The molecule has 0 saturated carbocycles. The summed E-state index contributed by atoms with van der Waals surface area (Å²) in [4.78, 5) is 125. The number of alkyl carbamates (subject to hydrolysis) is 1. The molecule has 478 valence electrons. The van der Waals surface area contributed by atoms with Crippen LogP contribution < -0.4 is 59.0 Å². The van der Waals surface area contributed by atoms with E-state index in [9.17, 15) is 43.2 Å². The molecule has 0 fully saturated rings. The van der Waals surface area contributed by atoms with Crippen LogP contribution in [0.2, 0.25) is 0 Å². The van der Waals surface area contributed by atoms with Gasteiger partial charge in [-0.2, -0.15) is 0 Å². The second kappa shape index (κ2) is 35.3. The summed E-state index contributed by atoms with van der Waals surface area (Å²) in [6, 6.07) is 30.7. The molecule has 0 aliphatic heterocycles. The van der Waals surface area contributed by atoms with Crippen molar-refractivity contribution in [2.45, 2.75) is 148 Å². The molecule has 5 aromatic rings. The number of halogens is 1. The maximum absolute atomic E-state index is 14.9. The number of amides is 8. The molecule has 0 radical (unpaired) electrons. The highest BCUT2D eigenvalue weighted by Gasteiger charge is 2.38. The largest absolute Gasteiger partial charge is 0.514 e. The van der Waals surface area contributed by atoms with E-state index in [1.807, 2.05) is 42.5 Å². The quantitative estimate of drug-likeness (QED) is 0.00891. The van der Waals surface area contributed by atoms with Crippen LogP contribution in [0.1, 0.15) is 89.6 Å². The predicted octanol–water partition coefficient (Wildman–Crippen LogP) is 5.25. The van der Waals surface area contributed by atoms with Crippen LogP contribution in [0.25, 0.3) is 0 Å². The first-order chi connectivity index (χ1) is 42.4. The number of ether oxygens (including phenoxy) is 4. The smallest absolute Gasteiger partial charge is 0.444 e. The molecule has 5 aromatic carbocycles. The Hall–Kier alpha value is -8.71. The fraction of sp³-hybridized carbons (Fsp3) is 0.400. The lowest BCUT2D eigenvalue weighted by atomic mass is 9.96. The van der Waals surface area contributed by atoms with Crippen molar-refractivity contribution in [2.24, 2.45) is 23.4 Å². The Balaban J connectivity index is 1.34. The summed E-state index contributed by atoms with van der Waals surface area (Å²) < 4.78 is 23.0. The molecule has 0 saturated heterocycles. The van der Waals surface area contributed by atoms with Gasteiger partial charge in [-0.05, 0) is 80.0 Å². The molecule has 0 heterocycles. The normalized spacial score (nSPS) is 14.2. The van der Waals surface area contributed by atoms with E-state index in [4.69, 9.17) is 30.5 Å². The lowest BCUT2D eigenvalue weighted by Gasteiger charge is -2.31. The van der Waals surface area contributed by atoms with Crippen molar-refractivity contribution in [3.8, 4) is 5.75 Å². The zero-order valence-corrected chi connectivity index (χ0v) is 52.9. The number of carbonyl (C=O) groups is 9. The molecular formula is C65H83BrN10O13. The van der Waals surface area contributed by atoms with E-state index in [0.29, 0.717) is 17.5 Å². The maximum Gasteiger partial charge on any atom is 0.514 e.